The number of nitrogens with zero attached hydrogens (tertiary/aromatic N) is 3. The summed E-state index contributed by atoms with van der Waals surface area (Å²) in [5, 5.41) is 0. The standard InChI is InChI=1S/C71H62BN3/c1-69(2,3)51-30-37-55(38-31-51)74-64-43-32-52(70(4,5)6)44-63(64)72-62-42-40-57(73(53-33-26-49(27-34-53)47-18-11-9-12-19-47)54-35-28-50(29-36-54)48-20-13-10-14-21-48)46-67(62)75(66-25-17-24-65(74)68(66)72)56-39-41-59-58-22-15-16-23-60(58)71(7,8)61(59)45-56/h9-46H,1-8H3/i9D,10D,11D,12D,13D,14D,18D,19D,20D,21D. The van der Waals surface area contributed by atoms with Crippen molar-refractivity contribution in [2.45, 2.75) is 71.6 Å². The quantitative estimate of drug-likeness (QED) is 0.147. The first kappa shape index (κ1) is 36.6. The van der Waals surface area contributed by atoms with Gasteiger partial charge in [-0.2, -0.15) is 0 Å². The Bertz CT molecular complexity index is 4260. The molecule has 0 unspecified atom stereocenters. The van der Waals surface area contributed by atoms with E-state index in [9.17, 15) is 0 Å². The molecule has 0 bridgehead atoms. The first-order chi connectivity index (χ1) is 40.4. The number of hydrogen-bond acceptors (Lipinski definition) is 3. The molecule has 0 atom stereocenters. The first-order valence-electron chi connectivity index (χ1n) is 30.9. The molecule has 0 saturated heterocycles. The van der Waals surface area contributed by atoms with Crippen molar-refractivity contribution in [2.24, 2.45) is 0 Å². The highest BCUT2D eigenvalue weighted by Gasteiger charge is 2.45. The Labute approximate surface area is 458 Å². The Morgan fingerprint density at radius 3 is 1.55 bits per heavy atom. The lowest BCUT2D eigenvalue weighted by atomic mass is 9.33. The Balaban J connectivity index is 1.06. The molecule has 10 aromatic rings. The molecule has 0 spiro atoms. The predicted octanol–water partition coefficient (Wildman–Crippen LogP) is 17.5. The SMILES string of the molecule is [2H]c1c([2H])c([2H])c(-c2ccc(N(c3ccc(-c4c([2H])c([2H])c([2H])c([2H])c4[2H])cc3)c3ccc4c(c3)N(c3ccc5c(c3)C(C)(C)c3ccccc3-5)c3cccc5c3B4c3cc(C(C)(C)C)ccc3N5c3ccc(C(C)(C)C)cc3)cc2)c([2H])c1[2H]. The number of benzene rings is 10. The lowest BCUT2D eigenvalue weighted by Crippen LogP contribution is -2.61. The van der Waals surface area contributed by atoms with Crippen LogP contribution in [0.1, 0.15) is 91.4 Å². The van der Waals surface area contributed by atoms with E-state index in [-0.39, 0.29) is 58.3 Å². The van der Waals surface area contributed by atoms with Gasteiger partial charge in [0.1, 0.15) is 0 Å². The van der Waals surface area contributed by atoms with Crippen molar-refractivity contribution in [2.75, 3.05) is 14.7 Å². The molecule has 0 radical (unpaired) electrons. The fourth-order valence-electron chi connectivity index (χ4n) is 11.8. The molecule has 3 nitrogen and oxygen atoms in total. The molecule has 13 rings (SSSR count). The van der Waals surface area contributed by atoms with Gasteiger partial charge in [0.2, 0.25) is 0 Å². The Kier molecular flexibility index (Phi) is 8.48. The van der Waals surface area contributed by atoms with Crippen molar-refractivity contribution in [1.29, 1.82) is 0 Å². The number of fused-ring (bicyclic) bond motifs is 7. The number of anilines is 9. The Morgan fingerprint density at radius 1 is 0.413 bits per heavy atom. The van der Waals surface area contributed by atoms with Gasteiger partial charge in [0, 0.05) is 56.6 Å². The zero-order chi connectivity index (χ0) is 60.1. The monoisotopic (exact) mass is 978 g/mol. The van der Waals surface area contributed by atoms with Crippen LogP contribution in [-0.2, 0) is 16.2 Å². The summed E-state index contributed by atoms with van der Waals surface area (Å²) in [7, 11) is 0. The summed E-state index contributed by atoms with van der Waals surface area (Å²) in [6, 6.07) is 55.8. The summed E-state index contributed by atoms with van der Waals surface area (Å²) in [6.45, 7) is 17.9. The smallest absolute Gasteiger partial charge is 0.252 e. The van der Waals surface area contributed by atoms with Crippen LogP contribution in [0.3, 0.4) is 0 Å². The van der Waals surface area contributed by atoms with Gasteiger partial charge in [-0.3, -0.25) is 0 Å². The Morgan fingerprint density at radius 2 is 0.947 bits per heavy atom. The maximum absolute atomic E-state index is 8.84. The van der Waals surface area contributed by atoms with Gasteiger partial charge in [-0.15, -0.1) is 0 Å². The molecule has 0 fully saturated rings. The van der Waals surface area contributed by atoms with E-state index >= 15 is 0 Å². The van der Waals surface area contributed by atoms with E-state index in [1.165, 1.54) is 44.3 Å². The average molecular weight is 978 g/mol. The molecule has 75 heavy (non-hydrogen) atoms. The summed E-state index contributed by atoms with van der Waals surface area (Å²) in [6.07, 6.45) is 0. The van der Waals surface area contributed by atoms with Crippen LogP contribution in [-0.4, -0.2) is 6.71 Å². The molecular weight excluding hydrogens is 906 g/mol. The van der Waals surface area contributed by atoms with Crippen molar-refractivity contribution in [3.8, 4) is 33.4 Å². The van der Waals surface area contributed by atoms with E-state index < -0.39 is 36.3 Å². The molecule has 0 N–H and O–H groups in total. The highest BCUT2D eigenvalue weighted by atomic mass is 15.2. The minimum atomic E-state index is -0.461. The van der Waals surface area contributed by atoms with Crippen LogP contribution in [0.25, 0.3) is 33.4 Å². The number of rotatable bonds is 7. The molecule has 0 saturated carbocycles. The predicted molar refractivity (Wildman–Crippen MR) is 321 cm³/mol. The zero-order valence-corrected chi connectivity index (χ0v) is 43.6. The molecule has 3 aliphatic rings. The molecule has 0 amide bonds. The van der Waals surface area contributed by atoms with Crippen LogP contribution in [0, 0.1) is 0 Å². The summed E-state index contributed by atoms with van der Waals surface area (Å²) >= 11 is 0. The lowest BCUT2D eigenvalue weighted by Gasteiger charge is -2.45. The van der Waals surface area contributed by atoms with E-state index in [4.69, 9.17) is 13.7 Å². The van der Waals surface area contributed by atoms with Gasteiger partial charge in [-0.25, -0.2) is 0 Å². The molecule has 364 valence electrons. The summed E-state index contributed by atoms with van der Waals surface area (Å²) in [5.74, 6) is 0. The van der Waals surface area contributed by atoms with Gasteiger partial charge >= 0.3 is 0 Å². The van der Waals surface area contributed by atoms with Gasteiger partial charge < -0.3 is 14.7 Å². The third kappa shape index (κ3) is 7.72. The first-order valence-corrected chi connectivity index (χ1v) is 25.9. The van der Waals surface area contributed by atoms with E-state index in [0.717, 1.165) is 45.3 Å². The van der Waals surface area contributed by atoms with Gasteiger partial charge in [-0.05, 0) is 162 Å². The maximum atomic E-state index is 8.84. The summed E-state index contributed by atoms with van der Waals surface area (Å²) in [4.78, 5) is 6.96. The maximum Gasteiger partial charge on any atom is 0.252 e. The average Bonchev–Trinajstić information content (AvgIpc) is 1.01. The second-order valence-corrected chi connectivity index (χ2v) is 22.7. The lowest BCUT2D eigenvalue weighted by molar-refractivity contribution is 0.590. The van der Waals surface area contributed by atoms with Crippen molar-refractivity contribution >= 4 is 74.3 Å². The van der Waals surface area contributed by atoms with Crippen LogP contribution in [0.4, 0.5) is 51.2 Å². The van der Waals surface area contributed by atoms with Crippen molar-refractivity contribution < 1.29 is 13.7 Å². The normalized spacial score (nSPS) is 15.8. The van der Waals surface area contributed by atoms with Crippen LogP contribution >= 0.6 is 0 Å². The molecule has 0 aromatic heterocycles. The largest absolute Gasteiger partial charge is 0.311 e. The van der Waals surface area contributed by atoms with Gasteiger partial charge in [-0.1, -0.05) is 207 Å². The van der Waals surface area contributed by atoms with E-state index in [1.54, 1.807) is 24.3 Å². The molecule has 10 aromatic carbocycles. The molecule has 4 heteroatoms. The van der Waals surface area contributed by atoms with Crippen molar-refractivity contribution in [1.82, 2.24) is 0 Å². The second kappa shape index (κ2) is 17.4. The molecule has 2 aliphatic heterocycles. The fourth-order valence-corrected chi connectivity index (χ4v) is 11.8. The third-order valence-electron chi connectivity index (χ3n) is 15.7. The summed E-state index contributed by atoms with van der Waals surface area (Å²) < 4.78 is 85.8. The third-order valence-corrected chi connectivity index (χ3v) is 15.7. The van der Waals surface area contributed by atoms with Crippen LogP contribution in [0.15, 0.2) is 230 Å². The van der Waals surface area contributed by atoms with Crippen LogP contribution < -0.4 is 31.1 Å². The Hall–Kier alpha value is -8.34. The van der Waals surface area contributed by atoms with Gasteiger partial charge in [0.05, 0.1) is 13.7 Å². The minimum absolute atomic E-state index is 0.0312. The highest BCUT2D eigenvalue weighted by Crippen LogP contribution is 2.52. The highest BCUT2D eigenvalue weighted by molar-refractivity contribution is 7.00. The van der Waals surface area contributed by atoms with Crippen LogP contribution in [0.5, 0.6) is 0 Å². The number of hydrogen-bond donors (Lipinski definition) is 0. The van der Waals surface area contributed by atoms with E-state index in [0.29, 0.717) is 22.5 Å². The second-order valence-electron chi connectivity index (χ2n) is 22.7. The molecular formula is C71H62BN3. The molecule has 1 aliphatic carbocycles. The van der Waals surface area contributed by atoms with Gasteiger partial charge in [0.25, 0.3) is 6.71 Å². The van der Waals surface area contributed by atoms with E-state index in [2.05, 4.69) is 191 Å². The zero-order valence-electron chi connectivity index (χ0n) is 53.6. The summed E-state index contributed by atoms with van der Waals surface area (Å²) in [5.41, 5.74) is 20.0. The topological polar surface area (TPSA) is 9.72 Å². The van der Waals surface area contributed by atoms with E-state index in [1.807, 2.05) is 24.3 Å². The fraction of sp³-hybridized carbons (Fsp3) is 0.155. The van der Waals surface area contributed by atoms with Gasteiger partial charge in [0.15, 0.2) is 0 Å². The van der Waals surface area contributed by atoms with Crippen LogP contribution in [0.2, 0.25) is 0 Å². The minimum Gasteiger partial charge on any atom is -0.311 e. The van der Waals surface area contributed by atoms with Crippen molar-refractivity contribution in [3.05, 3.63) is 253 Å². The van der Waals surface area contributed by atoms with Crippen molar-refractivity contribution in [3.63, 3.8) is 0 Å². The molecule has 2 heterocycles.